The van der Waals surface area contributed by atoms with Crippen molar-refractivity contribution in [1.82, 2.24) is 0 Å². The molecule has 0 radical (unpaired) electrons. The molecule has 0 aliphatic heterocycles. The Morgan fingerprint density at radius 2 is 1.60 bits per heavy atom. The lowest BCUT2D eigenvalue weighted by atomic mass is 9.99. The number of benzene rings is 2. The maximum Gasteiger partial charge on any atom is 0.339 e. The van der Waals surface area contributed by atoms with Crippen LogP contribution in [0.15, 0.2) is 59.5 Å². The molecule has 0 saturated heterocycles. The molecular weight excluding hydrogens is 272 g/mol. The third-order valence-corrected chi connectivity index (χ3v) is 4.56. The zero-order valence-electron chi connectivity index (χ0n) is 11.6. The molecule has 20 heavy (non-hydrogen) atoms. The minimum atomic E-state index is -3.76. The third-order valence-electron chi connectivity index (χ3n) is 3.30. The second kappa shape index (κ2) is 6.09. The monoisotopic (exact) mass is 290 g/mol. The quantitative estimate of drug-likeness (QED) is 0.783. The molecule has 0 spiro atoms. The van der Waals surface area contributed by atoms with Gasteiger partial charge in [0.1, 0.15) is 10.6 Å². The molecular formula is C16H18O3S. The van der Waals surface area contributed by atoms with Gasteiger partial charge in [-0.25, -0.2) is 0 Å². The molecule has 2 aromatic rings. The first-order valence-electron chi connectivity index (χ1n) is 6.62. The fraction of sp³-hybridized carbons (Fsp3) is 0.250. The van der Waals surface area contributed by atoms with Gasteiger partial charge in [-0.2, -0.15) is 8.42 Å². The highest BCUT2D eigenvalue weighted by Crippen LogP contribution is 2.22. The van der Waals surface area contributed by atoms with Gasteiger partial charge < -0.3 is 4.18 Å². The summed E-state index contributed by atoms with van der Waals surface area (Å²) in [5.74, 6) is 0.736. The van der Waals surface area contributed by atoms with Crippen LogP contribution < -0.4 is 4.18 Å². The third kappa shape index (κ3) is 3.39. The Balaban J connectivity index is 2.22. The molecule has 0 saturated carbocycles. The van der Waals surface area contributed by atoms with E-state index in [4.69, 9.17) is 4.18 Å². The van der Waals surface area contributed by atoms with Gasteiger partial charge in [0.2, 0.25) is 0 Å². The van der Waals surface area contributed by atoms with E-state index in [1.54, 1.807) is 42.5 Å². The average molecular weight is 290 g/mol. The summed E-state index contributed by atoms with van der Waals surface area (Å²) in [6, 6.07) is 15.4. The van der Waals surface area contributed by atoms with E-state index in [2.05, 4.69) is 13.8 Å². The Kier molecular flexibility index (Phi) is 4.45. The molecule has 3 nitrogen and oxygen atoms in total. The molecule has 0 aliphatic rings. The van der Waals surface area contributed by atoms with Crippen molar-refractivity contribution in [2.75, 3.05) is 0 Å². The maximum absolute atomic E-state index is 12.1. The first kappa shape index (κ1) is 14.6. The standard InChI is InChI=1S/C16H18O3S/c1-3-13(2)14-9-11-16(12-10-14)20(17,18)19-15-7-5-4-6-8-15/h4-13H,3H2,1-2H3. The molecule has 0 fully saturated rings. The van der Waals surface area contributed by atoms with Crippen LogP contribution in [0, 0.1) is 0 Å². The SMILES string of the molecule is CCC(C)c1ccc(S(=O)(=O)Oc2ccccc2)cc1. The van der Waals surface area contributed by atoms with E-state index in [1.165, 1.54) is 0 Å². The highest BCUT2D eigenvalue weighted by Gasteiger charge is 2.16. The van der Waals surface area contributed by atoms with Crippen LogP contribution in [-0.2, 0) is 10.1 Å². The summed E-state index contributed by atoms with van der Waals surface area (Å²) in [4.78, 5) is 0.174. The van der Waals surface area contributed by atoms with Gasteiger partial charge in [-0.3, -0.25) is 0 Å². The highest BCUT2D eigenvalue weighted by atomic mass is 32.2. The van der Waals surface area contributed by atoms with Gasteiger partial charge in [-0.1, -0.05) is 44.2 Å². The van der Waals surface area contributed by atoms with Crippen molar-refractivity contribution < 1.29 is 12.6 Å². The summed E-state index contributed by atoms with van der Waals surface area (Å²) in [6.07, 6.45) is 1.02. The summed E-state index contributed by atoms with van der Waals surface area (Å²) < 4.78 is 29.3. The zero-order chi connectivity index (χ0) is 14.6. The Hall–Kier alpha value is -1.81. The molecule has 0 aromatic heterocycles. The van der Waals surface area contributed by atoms with Crippen LogP contribution in [0.3, 0.4) is 0 Å². The molecule has 0 N–H and O–H groups in total. The molecule has 4 heteroatoms. The van der Waals surface area contributed by atoms with Crippen molar-refractivity contribution in [1.29, 1.82) is 0 Å². The maximum atomic E-state index is 12.1. The minimum absolute atomic E-state index is 0.174. The van der Waals surface area contributed by atoms with Crippen LogP contribution in [0.1, 0.15) is 31.7 Å². The molecule has 2 rings (SSSR count). The van der Waals surface area contributed by atoms with E-state index in [-0.39, 0.29) is 4.90 Å². The van der Waals surface area contributed by atoms with E-state index >= 15 is 0 Å². The Morgan fingerprint density at radius 1 is 1.00 bits per heavy atom. The van der Waals surface area contributed by atoms with Crippen LogP contribution in [-0.4, -0.2) is 8.42 Å². The molecule has 106 valence electrons. The Labute approximate surface area is 120 Å². The lowest BCUT2D eigenvalue weighted by Gasteiger charge is -2.10. The van der Waals surface area contributed by atoms with Crippen molar-refractivity contribution in [3.63, 3.8) is 0 Å². The largest absolute Gasteiger partial charge is 0.379 e. The molecule has 0 amide bonds. The molecule has 1 atom stereocenters. The first-order chi connectivity index (χ1) is 9.53. The summed E-state index contributed by atoms with van der Waals surface area (Å²) in [5, 5.41) is 0. The molecule has 0 bridgehead atoms. The predicted octanol–water partition coefficient (Wildman–Crippen LogP) is 3.97. The van der Waals surface area contributed by atoms with Crippen molar-refractivity contribution in [3.8, 4) is 5.75 Å². The van der Waals surface area contributed by atoms with Gasteiger partial charge in [-0.05, 0) is 42.2 Å². The Morgan fingerprint density at radius 3 is 2.15 bits per heavy atom. The molecule has 0 aliphatic carbocycles. The summed E-state index contributed by atoms with van der Waals surface area (Å²) in [7, 11) is -3.76. The number of para-hydroxylation sites is 1. The number of hydrogen-bond donors (Lipinski definition) is 0. The van der Waals surface area contributed by atoms with E-state index in [9.17, 15) is 8.42 Å². The van der Waals surface area contributed by atoms with Crippen molar-refractivity contribution in [2.24, 2.45) is 0 Å². The van der Waals surface area contributed by atoms with Crippen LogP contribution in [0.25, 0.3) is 0 Å². The van der Waals surface area contributed by atoms with Crippen molar-refractivity contribution in [3.05, 3.63) is 60.2 Å². The highest BCUT2D eigenvalue weighted by molar-refractivity contribution is 7.87. The summed E-state index contributed by atoms with van der Waals surface area (Å²) in [6.45, 7) is 4.22. The van der Waals surface area contributed by atoms with E-state index in [0.29, 0.717) is 11.7 Å². The van der Waals surface area contributed by atoms with Gasteiger partial charge >= 0.3 is 10.1 Å². The van der Waals surface area contributed by atoms with E-state index in [0.717, 1.165) is 12.0 Å². The smallest absolute Gasteiger partial charge is 0.339 e. The second-order valence-corrected chi connectivity index (χ2v) is 6.28. The van der Waals surface area contributed by atoms with Gasteiger partial charge in [-0.15, -0.1) is 0 Å². The minimum Gasteiger partial charge on any atom is -0.379 e. The van der Waals surface area contributed by atoms with Gasteiger partial charge in [0.25, 0.3) is 0 Å². The molecule has 0 heterocycles. The first-order valence-corrected chi connectivity index (χ1v) is 8.03. The predicted molar refractivity (Wildman–Crippen MR) is 79.4 cm³/mol. The lowest BCUT2D eigenvalue weighted by molar-refractivity contribution is 0.486. The second-order valence-electron chi connectivity index (χ2n) is 4.73. The molecule has 1 unspecified atom stereocenters. The van der Waals surface area contributed by atoms with Gasteiger partial charge in [0, 0.05) is 0 Å². The fourth-order valence-corrected chi connectivity index (χ4v) is 2.78. The lowest BCUT2D eigenvalue weighted by Crippen LogP contribution is -2.09. The summed E-state index contributed by atoms with van der Waals surface area (Å²) in [5.41, 5.74) is 1.13. The van der Waals surface area contributed by atoms with Crippen molar-refractivity contribution >= 4 is 10.1 Å². The summed E-state index contributed by atoms with van der Waals surface area (Å²) >= 11 is 0. The van der Waals surface area contributed by atoms with Crippen LogP contribution in [0.2, 0.25) is 0 Å². The van der Waals surface area contributed by atoms with E-state index < -0.39 is 10.1 Å². The van der Waals surface area contributed by atoms with Crippen LogP contribution >= 0.6 is 0 Å². The number of hydrogen-bond acceptors (Lipinski definition) is 3. The van der Waals surface area contributed by atoms with Crippen LogP contribution in [0.4, 0.5) is 0 Å². The normalized spacial score (nSPS) is 12.9. The number of rotatable bonds is 5. The Bertz CT molecular complexity index is 646. The topological polar surface area (TPSA) is 43.4 Å². The van der Waals surface area contributed by atoms with Gasteiger partial charge in [0.05, 0.1) is 0 Å². The van der Waals surface area contributed by atoms with Crippen molar-refractivity contribution in [2.45, 2.75) is 31.1 Å². The fourth-order valence-electron chi connectivity index (χ4n) is 1.85. The average Bonchev–Trinajstić information content (AvgIpc) is 2.47. The zero-order valence-corrected chi connectivity index (χ0v) is 12.4. The van der Waals surface area contributed by atoms with Crippen LogP contribution in [0.5, 0.6) is 5.75 Å². The molecule has 2 aromatic carbocycles. The van der Waals surface area contributed by atoms with E-state index in [1.807, 2.05) is 12.1 Å². The van der Waals surface area contributed by atoms with Gasteiger partial charge in [0.15, 0.2) is 0 Å².